The molecule has 90 valence electrons. The van der Waals surface area contributed by atoms with Gasteiger partial charge in [-0.1, -0.05) is 5.21 Å². The predicted molar refractivity (Wildman–Crippen MR) is 64.9 cm³/mol. The standard InChI is InChI=1S/C10H13ClN6/c1-8-7-13-10(11)15-9(8)12-3-2-5-17-6-4-14-16-17/h4,6-7H,2-3,5H2,1H3,(H,12,13,15). The number of nitrogens with one attached hydrogen (secondary N) is 1. The summed E-state index contributed by atoms with van der Waals surface area (Å²) in [6, 6.07) is 0. The lowest BCUT2D eigenvalue weighted by molar-refractivity contribution is 0.569. The van der Waals surface area contributed by atoms with Crippen LogP contribution >= 0.6 is 11.6 Å². The zero-order chi connectivity index (χ0) is 12.1. The molecule has 0 unspecified atom stereocenters. The topological polar surface area (TPSA) is 68.5 Å². The normalized spacial score (nSPS) is 10.5. The summed E-state index contributed by atoms with van der Waals surface area (Å²) in [5, 5.41) is 11.1. The molecule has 0 saturated carbocycles. The lowest BCUT2D eigenvalue weighted by Crippen LogP contribution is -2.09. The van der Waals surface area contributed by atoms with Crippen LogP contribution in [0.25, 0.3) is 0 Å². The SMILES string of the molecule is Cc1cnc(Cl)nc1NCCCn1ccnn1. The molecule has 0 saturated heterocycles. The molecule has 0 bridgehead atoms. The van der Waals surface area contributed by atoms with Gasteiger partial charge in [0.15, 0.2) is 0 Å². The minimum Gasteiger partial charge on any atom is -0.370 e. The van der Waals surface area contributed by atoms with Crippen LogP contribution in [-0.2, 0) is 6.54 Å². The van der Waals surface area contributed by atoms with Crippen molar-refractivity contribution in [1.29, 1.82) is 0 Å². The van der Waals surface area contributed by atoms with E-state index in [1.807, 2.05) is 13.1 Å². The first-order valence-electron chi connectivity index (χ1n) is 5.33. The van der Waals surface area contributed by atoms with Gasteiger partial charge in [-0.3, -0.25) is 4.68 Å². The zero-order valence-corrected chi connectivity index (χ0v) is 10.2. The van der Waals surface area contributed by atoms with Gasteiger partial charge in [0.05, 0.1) is 6.20 Å². The molecule has 17 heavy (non-hydrogen) atoms. The first-order chi connectivity index (χ1) is 8.25. The Kier molecular flexibility index (Phi) is 3.87. The molecule has 0 aliphatic rings. The molecule has 6 nitrogen and oxygen atoms in total. The summed E-state index contributed by atoms with van der Waals surface area (Å²) in [6.07, 6.45) is 6.15. The Morgan fingerprint density at radius 1 is 1.47 bits per heavy atom. The van der Waals surface area contributed by atoms with E-state index in [9.17, 15) is 0 Å². The third kappa shape index (κ3) is 3.39. The molecule has 2 heterocycles. The summed E-state index contributed by atoms with van der Waals surface area (Å²) in [7, 11) is 0. The lowest BCUT2D eigenvalue weighted by atomic mass is 10.3. The number of nitrogens with zero attached hydrogens (tertiary/aromatic N) is 5. The van der Waals surface area contributed by atoms with E-state index in [2.05, 4.69) is 25.6 Å². The summed E-state index contributed by atoms with van der Waals surface area (Å²) in [5.41, 5.74) is 0.982. The molecule has 0 amide bonds. The van der Waals surface area contributed by atoms with Gasteiger partial charge >= 0.3 is 0 Å². The Balaban J connectivity index is 1.80. The van der Waals surface area contributed by atoms with Crippen LogP contribution in [0.1, 0.15) is 12.0 Å². The van der Waals surface area contributed by atoms with E-state index in [0.29, 0.717) is 0 Å². The molecule has 0 fully saturated rings. The molecule has 1 N–H and O–H groups in total. The molecule has 0 radical (unpaired) electrons. The molecule has 0 spiro atoms. The number of aromatic nitrogens is 5. The molecular weight excluding hydrogens is 240 g/mol. The van der Waals surface area contributed by atoms with Gasteiger partial charge in [-0.2, -0.15) is 0 Å². The molecule has 0 aliphatic heterocycles. The smallest absolute Gasteiger partial charge is 0.224 e. The van der Waals surface area contributed by atoms with Crippen LogP contribution in [0.5, 0.6) is 0 Å². The first kappa shape index (κ1) is 11.8. The van der Waals surface area contributed by atoms with Crippen LogP contribution in [0, 0.1) is 6.92 Å². The molecule has 2 aromatic rings. The average Bonchev–Trinajstić information content (AvgIpc) is 2.82. The van der Waals surface area contributed by atoms with Gasteiger partial charge in [0.1, 0.15) is 5.82 Å². The van der Waals surface area contributed by atoms with Crippen LogP contribution in [0.3, 0.4) is 0 Å². The van der Waals surface area contributed by atoms with E-state index >= 15 is 0 Å². The van der Waals surface area contributed by atoms with Crippen LogP contribution in [-0.4, -0.2) is 31.5 Å². The van der Waals surface area contributed by atoms with Crippen LogP contribution in [0.2, 0.25) is 5.28 Å². The van der Waals surface area contributed by atoms with Gasteiger partial charge < -0.3 is 5.32 Å². The van der Waals surface area contributed by atoms with Crippen LogP contribution in [0.4, 0.5) is 5.82 Å². The quantitative estimate of drug-likeness (QED) is 0.646. The third-order valence-corrected chi connectivity index (χ3v) is 2.45. The highest BCUT2D eigenvalue weighted by Gasteiger charge is 2.01. The van der Waals surface area contributed by atoms with Gasteiger partial charge in [-0.25, -0.2) is 9.97 Å². The summed E-state index contributed by atoms with van der Waals surface area (Å²) in [4.78, 5) is 8.02. The van der Waals surface area contributed by atoms with Crippen LogP contribution in [0.15, 0.2) is 18.6 Å². The second kappa shape index (κ2) is 5.58. The van der Waals surface area contributed by atoms with Crippen molar-refractivity contribution < 1.29 is 0 Å². The van der Waals surface area contributed by atoms with Gasteiger partial charge in [0.2, 0.25) is 5.28 Å². The van der Waals surface area contributed by atoms with E-state index in [0.717, 1.165) is 30.9 Å². The average molecular weight is 253 g/mol. The van der Waals surface area contributed by atoms with Gasteiger partial charge in [-0.15, -0.1) is 5.10 Å². The van der Waals surface area contributed by atoms with Gasteiger partial charge in [-0.05, 0) is 24.9 Å². The monoisotopic (exact) mass is 252 g/mol. The number of hydrogen-bond donors (Lipinski definition) is 1. The van der Waals surface area contributed by atoms with E-state index in [4.69, 9.17) is 11.6 Å². The third-order valence-electron chi connectivity index (χ3n) is 2.27. The summed E-state index contributed by atoms with van der Waals surface area (Å²) in [5.74, 6) is 0.781. The molecule has 0 aromatic carbocycles. The fourth-order valence-electron chi connectivity index (χ4n) is 1.40. The van der Waals surface area contributed by atoms with Crippen molar-refractivity contribution in [3.05, 3.63) is 29.4 Å². The zero-order valence-electron chi connectivity index (χ0n) is 9.47. The minimum atomic E-state index is 0.259. The molecule has 0 atom stereocenters. The Bertz CT molecular complexity index is 470. The first-order valence-corrected chi connectivity index (χ1v) is 5.70. The summed E-state index contributed by atoms with van der Waals surface area (Å²) < 4.78 is 1.79. The van der Waals surface area contributed by atoms with Crippen LogP contribution < -0.4 is 5.32 Å². The molecule has 7 heteroatoms. The number of hydrogen-bond acceptors (Lipinski definition) is 5. The van der Waals surface area contributed by atoms with Gasteiger partial charge in [0, 0.05) is 31.0 Å². The van der Waals surface area contributed by atoms with Crippen molar-refractivity contribution in [1.82, 2.24) is 25.0 Å². The minimum absolute atomic E-state index is 0.259. The maximum Gasteiger partial charge on any atom is 0.224 e. The fraction of sp³-hybridized carbons (Fsp3) is 0.400. The Morgan fingerprint density at radius 3 is 3.12 bits per heavy atom. The van der Waals surface area contributed by atoms with E-state index in [1.54, 1.807) is 17.1 Å². The van der Waals surface area contributed by atoms with Crippen molar-refractivity contribution in [2.24, 2.45) is 0 Å². The molecule has 2 rings (SSSR count). The van der Waals surface area contributed by atoms with Crippen molar-refractivity contribution in [2.45, 2.75) is 19.9 Å². The second-order valence-electron chi connectivity index (χ2n) is 3.62. The summed E-state index contributed by atoms with van der Waals surface area (Å²) >= 11 is 5.73. The number of halogens is 1. The second-order valence-corrected chi connectivity index (χ2v) is 3.96. The maximum absolute atomic E-state index is 5.73. The lowest BCUT2D eigenvalue weighted by Gasteiger charge is -2.07. The number of rotatable bonds is 5. The highest BCUT2D eigenvalue weighted by molar-refractivity contribution is 6.28. The Morgan fingerprint density at radius 2 is 2.35 bits per heavy atom. The molecular formula is C10H13ClN6. The molecule has 0 aliphatic carbocycles. The van der Waals surface area contributed by atoms with E-state index in [-0.39, 0.29) is 5.28 Å². The van der Waals surface area contributed by atoms with Crippen molar-refractivity contribution in [3.8, 4) is 0 Å². The highest BCUT2D eigenvalue weighted by Crippen LogP contribution is 2.12. The van der Waals surface area contributed by atoms with Crippen molar-refractivity contribution in [2.75, 3.05) is 11.9 Å². The Hall–Kier alpha value is -1.69. The largest absolute Gasteiger partial charge is 0.370 e. The highest BCUT2D eigenvalue weighted by atomic mass is 35.5. The maximum atomic E-state index is 5.73. The number of aryl methyl sites for hydroxylation is 2. The number of anilines is 1. The van der Waals surface area contributed by atoms with Gasteiger partial charge in [0.25, 0.3) is 0 Å². The molecule has 2 aromatic heterocycles. The van der Waals surface area contributed by atoms with E-state index in [1.165, 1.54) is 0 Å². The van der Waals surface area contributed by atoms with Crippen molar-refractivity contribution in [3.63, 3.8) is 0 Å². The predicted octanol–water partition coefficient (Wildman–Crippen LogP) is 1.53. The van der Waals surface area contributed by atoms with Crippen molar-refractivity contribution >= 4 is 17.4 Å². The van der Waals surface area contributed by atoms with E-state index < -0.39 is 0 Å². The Labute approximate surface area is 104 Å². The summed E-state index contributed by atoms with van der Waals surface area (Å²) in [6.45, 7) is 3.56. The fourth-order valence-corrected chi connectivity index (χ4v) is 1.53.